The maximum Gasteiger partial charge on any atom is 0.237 e. The first-order valence-electron chi connectivity index (χ1n) is 7.02. The molecule has 0 saturated carbocycles. The Morgan fingerprint density at radius 1 is 1.35 bits per heavy atom. The lowest BCUT2D eigenvalue weighted by molar-refractivity contribution is -0.123. The highest BCUT2D eigenvalue weighted by Gasteiger charge is 2.23. The van der Waals surface area contributed by atoms with Gasteiger partial charge in [0, 0.05) is 12.6 Å². The van der Waals surface area contributed by atoms with E-state index in [0.29, 0.717) is 6.04 Å². The Kier molecular flexibility index (Phi) is 4.80. The number of rotatable bonds is 4. The fraction of sp³-hybridized carbons (Fsp3) is 0.923. The summed E-state index contributed by atoms with van der Waals surface area (Å²) in [6.45, 7) is 6.38. The van der Waals surface area contributed by atoms with Crippen molar-refractivity contribution in [2.45, 2.75) is 51.1 Å². The Bertz CT molecular complexity index is 245. The largest absolute Gasteiger partial charge is 0.353 e. The van der Waals surface area contributed by atoms with E-state index in [-0.39, 0.29) is 11.9 Å². The predicted octanol–water partition coefficient (Wildman–Crippen LogP) is 0.729. The highest BCUT2D eigenvalue weighted by atomic mass is 16.2. The van der Waals surface area contributed by atoms with Gasteiger partial charge in [-0.25, -0.2) is 0 Å². The molecule has 0 radical (unpaired) electrons. The molecule has 1 unspecified atom stereocenters. The highest BCUT2D eigenvalue weighted by Crippen LogP contribution is 2.11. The van der Waals surface area contributed by atoms with Crippen LogP contribution >= 0.6 is 0 Å². The molecule has 1 amide bonds. The summed E-state index contributed by atoms with van der Waals surface area (Å²) in [5.74, 6) is 0.186. The summed E-state index contributed by atoms with van der Waals surface area (Å²) in [5.41, 5.74) is 0. The van der Waals surface area contributed by atoms with Gasteiger partial charge in [-0.3, -0.25) is 9.69 Å². The molecule has 0 aromatic heterocycles. The van der Waals surface area contributed by atoms with Gasteiger partial charge < -0.3 is 10.6 Å². The minimum Gasteiger partial charge on any atom is -0.353 e. The number of piperidine rings is 1. The van der Waals surface area contributed by atoms with Crippen molar-refractivity contribution in [1.29, 1.82) is 0 Å². The molecule has 17 heavy (non-hydrogen) atoms. The third-order valence-corrected chi connectivity index (χ3v) is 3.96. The molecule has 2 N–H and O–H groups in total. The normalized spacial score (nSPS) is 27.9. The van der Waals surface area contributed by atoms with Gasteiger partial charge in [-0.05, 0) is 52.2 Å². The molecule has 0 spiro atoms. The molecule has 0 aliphatic carbocycles. The standard InChI is InChI=1S/C13H25N3O/c1-11(16-8-3-2-4-9-16)10-15-13(17)12-6-5-7-14-12/h11-12,14H,2-10H2,1H3,(H,15,17)/t11?,12-/m0/s1. The van der Waals surface area contributed by atoms with Gasteiger partial charge >= 0.3 is 0 Å². The summed E-state index contributed by atoms with van der Waals surface area (Å²) in [6, 6.07) is 0.532. The number of amides is 1. The van der Waals surface area contributed by atoms with Crippen molar-refractivity contribution in [3.05, 3.63) is 0 Å². The third-order valence-electron chi connectivity index (χ3n) is 3.96. The van der Waals surface area contributed by atoms with Crippen molar-refractivity contribution in [2.75, 3.05) is 26.2 Å². The molecule has 2 aliphatic heterocycles. The zero-order chi connectivity index (χ0) is 12.1. The lowest BCUT2D eigenvalue weighted by Gasteiger charge is -2.32. The Labute approximate surface area is 104 Å². The quantitative estimate of drug-likeness (QED) is 0.760. The van der Waals surface area contributed by atoms with Gasteiger partial charge in [0.15, 0.2) is 0 Å². The van der Waals surface area contributed by atoms with E-state index in [1.165, 1.54) is 32.4 Å². The first-order chi connectivity index (χ1) is 8.27. The van der Waals surface area contributed by atoms with Crippen molar-refractivity contribution in [3.8, 4) is 0 Å². The molecule has 0 aromatic rings. The molecule has 2 heterocycles. The van der Waals surface area contributed by atoms with E-state index in [1.807, 2.05) is 0 Å². The Hall–Kier alpha value is -0.610. The van der Waals surface area contributed by atoms with Crippen LogP contribution in [0.2, 0.25) is 0 Å². The van der Waals surface area contributed by atoms with Crippen LogP contribution in [0.15, 0.2) is 0 Å². The first-order valence-corrected chi connectivity index (χ1v) is 7.02. The van der Waals surface area contributed by atoms with E-state index in [4.69, 9.17) is 0 Å². The van der Waals surface area contributed by atoms with E-state index in [1.54, 1.807) is 0 Å². The molecule has 2 fully saturated rings. The molecule has 2 atom stereocenters. The van der Waals surface area contributed by atoms with E-state index in [9.17, 15) is 4.79 Å². The number of nitrogens with zero attached hydrogens (tertiary/aromatic N) is 1. The molecule has 4 nitrogen and oxygen atoms in total. The van der Waals surface area contributed by atoms with Gasteiger partial charge in [0.2, 0.25) is 5.91 Å². The average molecular weight is 239 g/mol. The molecule has 2 rings (SSSR count). The Morgan fingerprint density at radius 2 is 2.12 bits per heavy atom. The lowest BCUT2D eigenvalue weighted by atomic mass is 10.1. The van der Waals surface area contributed by atoms with Gasteiger partial charge in [-0.15, -0.1) is 0 Å². The van der Waals surface area contributed by atoms with Crippen LogP contribution in [0.5, 0.6) is 0 Å². The van der Waals surface area contributed by atoms with Crippen LogP contribution in [0, 0.1) is 0 Å². The second-order valence-corrected chi connectivity index (χ2v) is 5.34. The average Bonchev–Trinajstić information content (AvgIpc) is 2.90. The monoisotopic (exact) mass is 239 g/mol. The van der Waals surface area contributed by atoms with E-state index in [0.717, 1.165) is 25.9 Å². The second-order valence-electron chi connectivity index (χ2n) is 5.34. The van der Waals surface area contributed by atoms with Crippen LogP contribution in [0.4, 0.5) is 0 Å². The van der Waals surface area contributed by atoms with Crippen LogP contribution in [-0.2, 0) is 4.79 Å². The summed E-state index contributed by atoms with van der Waals surface area (Å²) in [7, 11) is 0. The van der Waals surface area contributed by atoms with Crippen LogP contribution in [-0.4, -0.2) is 49.1 Å². The van der Waals surface area contributed by atoms with Crippen LogP contribution in [0.3, 0.4) is 0 Å². The lowest BCUT2D eigenvalue weighted by Crippen LogP contribution is -2.48. The number of hydrogen-bond donors (Lipinski definition) is 2. The minimum absolute atomic E-state index is 0.0588. The molecular formula is C13H25N3O. The van der Waals surface area contributed by atoms with Crippen molar-refractivity contribution < 1.29 is 4.79 Å². The van der Waals surface area contributed by atoms with E-state index >= 15 is 0 Å². The van der Waals surface area contributed by atoms with Gasteiger partial charge in [-0.2, -0.15) is 0 Å². The summed E-state index contributed by atoms with van der Waals surface area (Å²) in [5, 5.41) is 6.31. The molecule has 4 heteroatoms. The maximum absolute atomic E-state index is 11.8. The molecule has 0 bridgehead atoms. The molecule has 2 aliphatic rings. The smallest absolute Gasteiger partial charge is 0.237 e. The maximum atomic E-state index is 11.8. The molecule has 98 valence electrons. The van der Waals surface area contributed by atoms with Crippen LogP contribution < -0.4 is 10.6 Å². The van der Waals surface area contributed by atoms with E-state index < -0.39 is 0 Å². The SMILES string of the molecule is CC(CNC(=O)[C@@H]1CCCN1)N1CCCCC1. The molecular weight excluding hydrogens is 214 g/mol. The number of hydrogen-bond acceptors (Lipinski definition) is 3. The van der Waals surface area contributed by atoms with Crippen molar-refractivity contribution in [3.63, 3.8) is 0 Å². The van der Waals surface area contributed by atoms with Gasteiger partial charge in [0.25, 0.3) is 0 Å². The predicted molar refractivity (Wildman–Crippen MR) is 68.9 cm³/mol. The Morgan fingerprint density at radius 3 is 2.76 bits per heavy atom. The first kappa shape index (κ1) is 12.8. The van der Waals surface area contributed by atoms with Gasteiger partial charge in [-0.1, -0.05) is 6.42 Å². The summed E-state index contributed by atoms with van der Waals surface area (Å²) in [6.07, 6.45) is 6.09. The van der Waals surface area contributed by atoms with Gasteiger partial charge in [0.05, 0.1) is 6.04 Å². The number of carbonyl (C=O) groups excluding carboxylic acids is 1. The number of carbonyl (C=O) groups is 1. The van der Waals surface area contributed by atoms with Crippen molar-refractivity contribution in [1.82, 2.24) is 15.5 Å². The van der Waals surface area contributed by atoms with Crippen molar-refractivity contribution in [2.24, 2.45) is 0 Å². The highest BCUT2D eigenvalue weighted by molar-refractivity contribution is 5.82. The van der Waals surface area contributed by atoms with Gasteiger partial charge in [0.1, 0.15) is 0 Å². The number of likely N-dealkylation sites (tertiary alicyclic amines) is 1. The zero-order valence-corrected chi connectivity index (χ0v) is 10.9. The minimum atomic E-state index is 0.0588. The molecule has 2 saturated heterocycles. The van der Waals surface area contributed by atoms with E-state index in [2.05, 4.69) is 22.5 Å². The summed E-state index contributed by atoms with van der Waals surface area (Å²) >= 11 is 0. The third kappa shape index (κ3) is 3.68. The second kappa shape index (κ2) is 6.36. The van der Waals surface area contributed by atoms with Crippen molar-refractivity contribution >= 4 is 5.91 Å². The summed E-state index contributed by atoms with van der Waals surface area (Å²) < 4.78 is 0. The summed E-state index contributed by atoms with van der Waals surface area (Å²) in [4.78, 5) is 14.3. The zero-order valence-electron chi connectivity index (χ0n) is 10.9. The number of nitrogens with one attached hydrogen (secondary N) is 2. The fourth-order valence-electron chi connectivity index (χ4n) is 2.77. The molecule has 0 aromatic carbocycles. The van der Waals surface area contributed by atoms with Crippen LogP contribution in [0.25, 0.3) is 0 Å². The van der Waals surface area contributed by atoms with Crippen LogP contribution in [0.1, 0.15) is 39.0 Å². The fourth-order valence-corrected chi connectivity index (χ4v) is 2.77. The topological polar surface area (TPSA) is 44.4 Å². The Balaban J connectivity index is 1.67.